The molecular weight excluding hydrogens is 438 g/mol. The lowest BCUT2D eigenvalue weighted by Crippen LogP contribution is -2.29. The van der Waals surface area contributed by atoms with Gasteiger partial charge in [-0.15, -0.1) is 0 Å². The van der Waals surface area contributed by atoms with Crippen LogP contribution in [-0.2, 0) is 13.6 Å². The second-order valence-electron chi connectivity index (χ2n) is 8.31. The predicted molar refractivity (Wildman–Crippen MR) is 133 cm³/mol. The standard InChI is InChI=1S/C23H31N7O4/c1-4-5-6-7-8-9-10-15-29-19-20(28(3)23(32)25-21(19)31)24-22(29)27-26-16(2)17-11-13-18(14-12-17)30(33)34/h11-14H,4-10,15H2,1-3H3,(H,24,27)(H,25,31,32). The number of anilines is 1. The Morgan fingerprint density at radius 2 is 1.76 bits per heavy atom. The molecule has 1 aromatic carbocycles. The van der Waals surface area contributed by atoms with Crippen molar-refractivity contribution in [3.8, 4) is 0 Å². The van der Waals surface area contributed by atoms with E-state index in [4.69, 9.17) is 0 Å². The van der Waals surface area contributed by atoms with Crippen LogP contribution in [0.15, 0.2) is 39.0 Å². The van der Waals surface area contributed by atoms with E-state index >= 15 is 0 Å². The van der Waals surface area contributed by atoms with Gasteiger partial charge in [0.15, 0.2) is 11.2 Å². The molecule has 2 heterocycles. The van der Waals surface area contributed by atoms with E-state index in [1.807, 2.05) is 0 Å². The number of hydrogen-bond acceptors (Lipinski definition) is 7. The molecule has 0 aliphatic rings. The number of unbranched alkanes of at least 4 members (excludes halogenated alkanes) is 6. The molecule has 2 aromatic heterocycles. The smallest absolute Gasteiger partial charge is 0.303 e. The summed E-state index contributed by atoms with van der Waals surface area (Å²) in [5, 5.41) is 15.2. The maximum atomic E-state index is 12.6. The highest BCUT2D eigenvalue weighted by Crippen LogP contribution is 2.18. The van der Waals surface area contributed by atoms with Crippen LogP contribution in [-0.4, -0.2) is 29.7 Å². The molecule has 0 spiro atoms. The fourth-order valence-corrected chi connectivity index (χ4v) is 3.79. The molecule has 3 aromatic rings. The summed E-state index contributed by atoms with van der Waals surface area (Å²) in [6, 6.07) is 6.07. The maximum Gasteiger partial charge on any atom is 0.329 e. The minimum absolute atomic E-state index is 0.00105. The lowest BCUT2D eigenvalue weighted by Gasteiger charge is -2.09. The molecule has 0 atom stereocenters. The molecular formula is C23H31N7O4. The van der Waals surface area contributed by atoms with Gasteiger partial charge in [-0.25, -0.2) is 10.2 Å². The zero-order chi connectivity index (χ0) is 24.7. The highest BCUT2D eigenvalue weighted by molar-refractivity contribution is 5.99. The Morgan fingerprint density at radius 1 is 1.12 bits per heavy atom. The molecule has 2 N–H and O–H groups in total. The summed E-state index contributed by atoms with van der Waals surface area (Å²) in [6.07, 6.45) is 7.89. The largest absolute Gasteiger partial charge is 0.329 e. The van der Waals surface area contributed by atoms with Gasteiger partial charge in [0.05, 0.1) is 10.6 Å². The molecule has 11 nitrogen and oxygen atoms in total. The number of imidazole rings is 1. The number of nitro groups is 1. The maximum absolute atomic E-state index is 12.6. The molecule has 182 valence electrons. The van der Waals surface area contributed by atoms with Crippen molar-refractivity contribution in [1.29, 1.82) is 0 Å². The van der Waals surface area contributed by atoms with Crippen molar-refractivity contribution in [2.24, 2.45) is 12.1 Å². The molecule has 0 saturated carbocycles. The molecule has 0 fully saturated rings. The first-order valence-corrected chi connectivity index (χ1v) is 11.6. The number of fused-ring (bicyclic) bond motifs is 1. The molecule has 11 heteroatoms. The monoisotopic (exact) mass is 469 g/mol. The number of aromatic nitrogens is 4. The number of hydrogen-bond donors (Lipinski definition) is 2. The minimum Gasteiger partial charge on any atom is -0.303 e. The van der Waals surface area contributed by atoms with Crippen LogP contribution in [0.5, 0.6) is 0 Å². The molecule has 0 saturated heterocycles. The average Bonchev–Trinajstić information content (AvgIpc) is 3.19. The lowest BCUT2D eigenvalue weighted by molar-refractivity contribution is -0.384. The Hall–Kier alpha value is -3.76. The van der Waals surface area contributed by atoms with Gasteiger partial charge in [-0.1, -0.05) is 45.4 Å². The van der Waals surface area contributed by atoms with E-state index in [0.717, 1.165) is 19.3 Å². The first kappa shape index (κ1) is 24.9. The van der Waals surface area contributed by atoms with E-state index in [0.29, 0.717) is 29.3 Å². The van der Waals surface area contributed by atoms with Gasteiger partial charge in [0, 0.05) is 25.7 Å². The van der Waals surface area contributed by atoms with Crippen molar-refractivity contribution in [2.75, 3.05) is 5.43 Å². The van der Waals surface area contributed by atoms with Crippen molar-refractivity contribution in [3.63, 3.8) is 0 Å². The number of rotatable bonds is 12. The number of benzene rings is 1. The van der Waals surface area contributed by atoms with Gasteiger partial charge >= 0.3 is 5.69 Å². The zero-order valence-corrected chi connectivity index (χ0v) is 19.8. The van der Waals surface area contributed by atoms with Crippen LogP contribution in [0.2, 0.25) is 0 Å². The SMILES string of the molecule is CCCCCCCCCn1c(NN=C(C)c2ccc([N+](=O)[O-])cc2)nc2c1c(=O)[nH]c(=O)n2C. The molecule has 0 aliphatic carbocycles. The van der Waals surface area contributed by atoms with Crippen molar-refractivity contribution in [3.05, 3.63) is 60.8 Å². The first-order chi connectivity index (χ1) is 16.3. The van der Waals surface area contributed by atoms with Crippen molar-refractivity contribution in [1.82, 2.24) is 19.1 Å². The van der Waals surface area contributed by atoms with E-state index in [-0.39, 0.29) is 11.3 Å². The summed E-state index contributed by atoms with van der Waals surface area (Å²) in [6.45, 7) is 4.51. The van der Waals surface area contributed by atoms with Crippen molar-refractivity contribution >= 4 is 28.5 Å². The Labute approximate surface area is 196 Å². The fraction of sp³-hybridized carbons (Fsp3) is 0.478. The van der Waals surface area contributed by atoms with E-state index in [9.17, 15) is 19.7 Å². The van der Waals surface area contributed by atoms with Crippen molar-refractivity contribution < 1.29 is 4.92 Å². The second kappa shape index (κ2) is 11.4. The molecule has 0 radical (unpaired) electrons. The highest BCUT2D eigenvalue weighted by atomic mass is 16.6. The van der Waals surface area contributed by atoms with Crippen LogP contribution in [0, 0.1) is 10.1 Å². The second-order valence-corrected chi connectivity index (χ2v) is 8.31. The van der Waals surface area contributed by atoms with E-state index in [1.165, 1.54) is 42.4 Å². The topological polar surface area (TPSA) is 140 Å². The summed E-state index contributed by atoms with van der Waals surface area (Å²) >= 11 is 0. The Balaban J connectivity index is 1.84. The normalized spacial score (nSPS) is 11.8. The number of nitrogens with one attached hydrogen (secondary N) is 2. The molecule has 0 amide bonds. The molecule has 0 aliphatic heterocycles. The average molecular weight is 470 g/mol. The molecule has 34 heavy (non-hydrogen) atoms. The van der Waals surface area contributed by atoms with Crippen LogP contribution >= 0.6 is 0 Å². The van der Waals surface area contributed by atoms with Crippen LogP contribution in [0.3, 0.4) is 0 Å². The number of hydrazone groups is 1. The van der Waals surface area contributed by atoms with Crippen LogP contribution in [0.1, 0.15) is 64.4 Å². The quantitative estimate of drug-likeness (QED) is 0.178. The number of aryl methyl sites for hydroxylation is 2. The van der Waals surface area contributed by atoms with E-state index < -0.39 is 16.2 Å². The van der Waals surface area contributed by atoms with Gasteiger partial charge in [0.25, 0.3) is 11.2 Å². The number of nitrogens with zero attached hydrogens (tertiary/aromatic N) is 5. The predicted octanol–water partition coefficient (Wildman–Crippen LogP) is 3.92. The molecule has 3 rings (SSSR count). The number of aromatic amines is 1. The van der Waals surface area contributed by atoms with Crippen LogP contribution in [0.4, 0.5) is 11.6 Å². The fourth-order valence-electron chi connectivity index (χ4n) is 3.79. The number of non-ortho nitro benzene ring substituents is 1. The zero-order valence-electron chi connectivity index (χ0n) is 19.8. The first-order valence-electron chi connectivity index (χ1n) is 11.6. The third kappa shape index (κ3) is 5.77. The third-order valence-corrected chi connectivity index (χ3v) is 5.81. The Bertz CT molecular complexity index is 1290. The molecule has 0 bridgehead atoms. The minimum atomic E-state index is -0.532. The lowest BCUT2D eigenvalue weighted by atomic mass is 10.1. The van der Waals surface area contributed by atoms with Gasteiger partial charge in [0.1, 0.15) is 0 Å². The van der Waals surface area contributed by atoms with Gasteiger partial charge in [-0.2, -0.15) is 10.1 Å². The number of nitro benzene ring substituents is 1. The summed E-state index contributed by atoms with van der Waals surface area (Å²) in [5.41, 5.74) is 3.79. The van der Waals surface area contributed by atoms with Gasteiger partial charge < -0.3 is 4.57 Å². The van der Waals surface area contributed by atoms with Crippen LogP contribution < -0.4 is 16.7 Å². The highest BCUT2D eigenvalue weighted by Gasteiger charge is 2.17. The van der Waals surface area contributed by atoms with Gasteiger partial charge in [-0.3, -0.25) is 24.5 Å². The Morgan fingerprint density at radius 3 is 2.41 bits per heavy atom. The number of H-pyrrole nitrogens is 1. The van der Waals surface area contributed by atoms with Crippen LogP contribution in [0.25, 0.3) is 11.2 Å². The summed E-state index contributed by atoms with van der Waals surface area (Å²) in [7, 11) is 1.56. The summed E-state index contributed by atoms with van der Waals surface area (Å²) in [4.78, 5) is 41.9. The Kier molecular flexibility index (Phi) is 8.34. The van der Waals surface area contributed by atoms with E-state index in [1.54, 1.807) is 30.7 Å². The van der Waals surface area contributed by atoms with Gasteiger partial charge in [0.2, 0.25) is 5.95 Å². The van der Waals surface area contributed by atoms with Gasteiger partial charge in [-0.05, 0) is 31.0 Å². The third-order valence-electron chi connectivity index (χ3n) is 5.81. The van der Waals surface area contributed by atoms with E-state index in [2.05, 4.69) is 27.4 Å². The summed E-state index contributed by atoms with van der Waals surface area (Å²) in [5.74, 6) is 0.356. The molecule has 0 unspecified atom stereocenters. The van der Waals surface area contributed by atoms with Crippen molar-refractivity contribution in [2.45, 2.75) is 65.3 Å². The summed E-state index contributed by atoms with van der Waals surface area (Å²) < 4.78 is 3.06.